The number of allylic oxidation sites excluding steroid dienone is 2. The summed E-state index contributed by atoms with van der Waals surface area (Å²) in [5, 5.41) is 1.14. The topological polar surface area (TPSA) is 56.0 Å². The molecule has 0 radical (unpaired) electrons. The van der Waals surface area contributed by atoms with Crippen LogP contribution in [-0.4, -0.2) is 10.8 Å². The van der Waals surface area contributed by atoms with E-state index < -0.39 is 0 Å². The summed E-state index contributed by atoms with van der Waals surface area (Å²) in [6.07, 6.45) is 3.52. The fourth-order valence-electron chi connectivity index (χ4n) is 3.31. The van der Waals surface area contributed by atoms with Gasteiger partial charge in [-0.3, -0.25) is 9.78 Å². The number of nitrogens with two attached hydrogens (primary N) is 1. The van der Waals surface area contributed by atoms with Gasteiger partial charge in [-0.05, 0) is 36.6 Å². The van der Waals surface area contributed by atoms with Gasteiger partial charge in [0.1, 0.15) is 0 Å². The van der Waals surface area contributed by atoms with Gasteiger partial charge in [-0.15, -0.1) is 0 Å². The highest BCUT2D eigenvalue weighted by Crippen LogP contribution is 2.40. The Morgan fingerprint density at radius 2 is 2.11 bits per heavy atom. The summed E-state index contributed by atoms with van der Waals surface area (Å²) in [4.78, 5) is 16.8. The monoisotopic (exact) mass is 250 g/mol. The first-order valence-electron chi connectivity index (χ1n) is 6.62. The number of pyridine rings is 1. The van der Waals surface area contributed by atoms with Gasteiger partial charge in [-0.1, -0.05) is 18.2 Å². The van der Waals surface area contributed by atoms with E-state index in [-0.39, 0.29) is 17.6 Å². The van der Waals surface area contributed by atoms with E-state index in [1.54, 1.807) is 0 Å². The van der Waals surface area contributed by atoms with E-state index in [4.69, 9.17) is 10.7 Å². The number of fused-ring (bicyclic) bond motifs is 5. The summed E-state index contributed by atoms with van der Waals surface area (Å²) >= 11 is 0. The largest absolute Gasteiger partial charge is 0.396 e. The molecule has 1 aromatic carbocycles. The zero-order valence-corrected chi connectivity index (χ0v) is 10.5. The number of benzene rings is 1. The van der Waals surface area contributed by atoms with E-state index in [2.05, 4.69) is 12.1 Å². The standard InChI is InChI=1S/C16H14N2O/c17-13-8-11-7-12(16(13)19)6-10-5-9-3-1-2-4-14(9)18-15(10)11/h1-5,8,11-12H,6-7,17H2/t11-,12+/m1/s1. The third-order valence-corrected chi connectivity index (χ3v) is 4.23. The number of carbonyl (C=O) groups excluding carboxylic acids is 1. The lowest BCUT2D eigenvalue weighted by atomic mass is 9.73. The lowest BCUT2D eigenvalue weighted by Gasteiger charge is -2.32. The van der Waals surface area contributed by atoms with Gasteiger partial charge >= 0.3 is 0 Å². The Morgan fingerprint density at radius 3 is 3.00 bits per heavy atom. The number of carbonyl (C=O) groups is 1. The van der Waals surface area contributed by atoms with Gasteiger partial charge in [0.05, 0.1) is 16.9 Å². The van der Waals surface area contributed by atoms with E-state index >= 15 is 0 Å². The molecule has 19 heavy (non-hydrogen) atoms. The molecule has 1 heterocycles. The van der Waals surface area contributed by atoms with Crippen LogP contribution in [0.15, 0.2) is 42.1 Å². The van der Waals surface area contributed by atoms with Crippen LogP contribution in [-0.2, 0) is 11.2 Å². The average molecular weight is 250 g/mol. The summed E-state index contributed by atoms with van der Waals surface area (Å²) in [7, 11) is 0. The van der Waals surface area contributed by atoms with E-state index in [9.17, 15) is 4.79 Å². The van der Waals surface area contributed by atoms with Crippen molar-refractivity contribution in [3.8, 4) is 0 Å². The second-order valence-corrected chi connectivity index (χ2v) is 5.45. The predicted octanol–water partition coefficient (Wildman–Crippen LogP) is 2.31. The lowest BCUT2D eigenvalue weighted by Crippen LogP contribution is -2.33. The van der Waals surface area contributed by atoms with Crippen LogP contribution in [0.5, 0.6) is 0 Å². The third-order valence-electron chi connectivity index (χ3n) is 4.23. The zero-order chi connectivity index (χ0) is 13.0. The molecule has 0 amide bonds. The molecule has 4 rings (SSSR count). The summed E-state index contributed by atoms with van der Waals surface area (Å²) in [6, 6.07) is 10.3. The zero-order valence-electron chi connectivity index (χ0n) is 10.5. The molecule has 3 nitrogen and oxygen atoms in total. The molecular weight excluding hydrogens is 236 g/mol. The van der Waals surface area contributed by atoms with Gasteiger partial charge in [0.25, 0.3) is 0 Å². The SMILES string of the molecule is NC1=C[C@H]2C[C@H](Cc3cc4ccccc4nc32)C1=O. The molecule has 0 aliphatic heterocycles. The van der Waals surface area contributed by atoms with Gasteiger partial charge in [-0.2, -0.15) is 0 Å². The van der Waals surface area contributed by atoms with Gasteiger partial charge in [0.15, 0.2) is 5.78 Å². The molecule has 2 aliphatic rings. The molecule has 94 valence electrons. The van der Waals surface area contributed by atoms with Crippen LogP contribution in [0.4, 0.5) is 0 Å². The summed E-state index contributed by atoms with van der Waals surface area (Å²) in [6.45, 7) is 0. The Morgan fingerprint density at radius 1 is 1.26 bits per heavy atom. The molecule has 2 N–H and O–H groups in total. The van der Waals surface area contributed by atoms with Crippen molar-refractivity contribution in [1.82, 2.24) is 4.98 Å². The van der Waals surface area contributed by atoms with Crippen molar-refractivity contribution in [2.75, 3.05) is 0 Å². The van der Waals surface area contributed by atoms with Crippen molar-refractivity contribution in [2.24, 2.45) is 11.7 Å². The van der Waals surface area contributed by atoms with Crippen LogP contribution in [0.25, 0.3) is 10.9 Å². The first kappa shape index (κ1) is 10.7. The molecule has 1 aromatic heterocycles. The minimum atomic E-state index is 0.0467. The molecule has 3 heteroatoms. The van der Waals surface area contributed by atoms with E-state index in [1.165, 1.54) is 5.56 Å². The van der Waals surface area contributed by atoms with Crippen LogP contribution < -0.4 is 5.73 Å². The number of aromatic nitrogens is 1. The number of Topliss-reactive ketones (excluding diaryl/α,β-unsaturated/α-hetero) is 1. The van der Waals surface area contributed by atoms with E-state index in [1.807, 2.05) is 24.3 Å². The van der Waals surface area contributed by atoms with Crippen LogP contribution in [0.3, 0.4) is 0 Å². The molecule has 2 atom stereocenters. The Kier molecular flexibility index (Phi) is 2.07. The van der Waals surface area contributed by atoms with Gasteiger partial charge in [0, 0.05) is 17.2 Å². The minimum absolute atomic E-state index is 0.0467. The second kappa shape index (κ2) is 3.67. The number of ketones is 1. The maximum Gasteiger partial charge on any atom is 0.181 e. The highest BCUT2D eigenvalue weighted by molar-refractivity contribution is 5.98. The molecule has 0 fully saturated rings. The molecular formula is C16H14N2O. The fraction of sp³-hybridized carbons (Fsp3) is 0.250. The Hall–Kier alpha value is -2.16. The van der Waals surface area contributed by atoms with Crippen LogP contribution in [0, 0.1) is 5.92 Å². The van der Waals surface area contributed by atoms with Crippen molar-refractivity contribution < 1.29 is 4.79 Å². The molecule has 2 aromatic rings. The van der Waals surface area contributed by atoms with Crippen LogP contribution >= 0.6 is 0 Å². The van der Waals surface area contributed by atoms with Crippen molar-refractivity contribution in [2.45, 2.75) is 18.8 Å². The number of rotatable bonds is 0. The van der Waals surface area contributed by atoms with Gasteiger partial charge < -0.3 is 5.73 Å². The van der Waals surface area contributed by atoms with E-state index in [0.717, 1.165) is 29.4 Å². The van der Waals surface area contributed by atoms with Crippen molar-refractivity contribution in [1.29, 1.82) is 0 Å². The Balaban J connectivity index is 1.95. The number of para-hydroxylation sites is 1. The first-order valence-corrected chi connectivity index (χ1v) is 6.62. The maximum absolute atomic E-state index is 12.0. The number of nitrogens with zero attached hydrogens (tertiary/aromatic N) is 1. The molecule has 2 bridgehead atoms. The van der Waals surface area contributed by atoms with Crippen LogP contribution in [0.1, 0.15) is 23.6 Å². The smallest absolute Gasteiger partial charge is 0.181 e. The Labute approximate surface area is 111 Å². The van der Waals surface area contributed by atoms with Crippen molar-refractivity contribution in [3.05, 3.63) is 53.4 Å². The first-order chi connectivity index (χ1) is 9.22. The van der Waals surface area contributed by atoms with Gasteiger partial charge in [-0.25, -0.2) is 0 Å². The number of hydrogen-bond donors (Lipinski definition) is 1. The maximum atomic E-state index is 12.0. The molecule has 0 unspecified atom stereocenters. The minimum Gasteiger partial charge on any atom is -0.396 e. The molecule has 0 saturated carbocycles. The van der Waals surface area contributed by atoms with Gasteiger partial charge in [0.2, 0.25) is 0 Å². The number of hydrogen-bond acceptors (Lipinski definition) is 3. The van der Waals surface area contributed by atoms with Crippen molar-refractivity contribution in [3.63, 3.8) is 0 Å². The lowest BCUT2D eigenvalue weighted by molar-refractivity contribution is -0.120. The third kappa shape index (κ3) is 1.51. The van der Waals surface area contributed by atoms with Crippen LogP contribution in [0.2, 0.25) is 0 Å². The fourth-order valence-corrected chi connectivity index (χ4v) is 3.31. The molecule has 0 spiro atoms. The normalized spacial score (nSPS) is 25.1. The van der Waals surface area contributed by atoms with Crippen molar-refractivity contribution >= 4 is 16.7 Å². The summed E-state index contributed by atoms with van der Waals surface area (Å²) in [5.74, 6) is 0.358. The van der Waals surface area contributed by atoms with E-state index in [0.29, 0.717) is 5.70 Å². The summed E-state index contributed by atoms with van der Waals surface area (Å²) < 4.78 is 0. The quantitative estimate of drug-likeness (QED) is 0.780. The summed E-state index contributed by atoms with van der Waals surface area (Å²) in [5.41, 5.74) is 9.57. The highest BCUT2D eigenvalue weighted by Gasteiger charge is 2.36. The average Bonchev–Trinajstić information content (AvgIpc) is 2.43. The predicted molar refractivity (Wildman–Crippen MR) is 73.6 cm³/mol. The molecule has 0 saturated heterocycles. The second-order valence-electron chi connectivity index (χ2n) is 5.45. The highest BCUT2D eigenvalue weighted by atomic mass is 16.1. The molecule has 2 aliphatic carbocycles. The Bertz CT molecular complexity index is 733.